The van der Waals surface area contributed by atoms with Gasteiger partial charge in [0.1, 0.15) is 18.2 Å². The summed E-state index contributed by atoms with van der Waals surface area (Å²) in [6.45, 7) is 1.87. The van der Waals surface area contributed by atoms with Gasteiger partial charge in [0.25, 0.3) is 0 Å². The van der Waals surface area contributed by atoms with Crippen molar-refractivity contribution in [1.82, 2.24) is 14.8 Å². The lowest BCUT2D eigenvalue weighted by Crippen LogP contribution is -2.57. The minimum atomic E-state index is -0.897. The van der Waals surface area contributed by atoms with Crippen LogP contribution in [0.5, 0.6) is 0 Å². The lowest BCUT2D eigenvalue weighted by Gasteiger charge is -2.58. The number of aromatic nitrogens is 3. The molecule has 4 bridgehead atoms. The molecule has 5 rings (SSSR count). The van der Waals surface area contributed by atoms with Gasteiger partial charge in [-0.25, -0.2) is 4.79 Å². The van der Waals surface area contributed by atoms with Crippen LogP contribution in [0.25, 0.3) is 0 Å². The van der Waals surface area contributed by atoms with Crippen LogP contribution in [-0.2, 0) is 10.3 Å². The van der Waals surface area contributed by atoms with Gasteiger partial charge in [-0.2, -0.15) is 0 Å². The van der Waals surface area contributed by atoms with E-state index in [0.717, 1.165) is 11.8 Å². The van der Waals surface area contributed by atoms with E-state index in [2.05, 4.69) is 10.2 Å². The Morgan fingerprint density at radius 1 is 1.10 bits per heavy atom. The van der Waals surface area contributed by atoms with Gasteiger partial charge < -0.3 is 9.67 Å². The fourth-order valence-electron chi connectivity index (χ4n) is 5.71. The van der Waals surface area contributed by atoms with E-state index < -0.39 is 11.5 Å². The van der Waals surface area contributed by atoms with Crippen molar-refractivity contribution < 1.29 is 9.90 Å². The molecule has 4 aliphatic carbocycles. The molecular weight excluding hydrogens is 254 g/mol. The molecule has 0 radical (unpaired) electrons. The monoisotopic (exact) mass is 275 g/mol. The number of carboxylic acid groups (broad SMARTS) is 1. The molecule has 1 N–H and O–H groups in total. The zero-order chi connectivity index (χ0) is 13.9. The van der Waals surface area contributed by atoms with Crippen LogP contribution in [0.15, 0.2) is 12.7 Å². The SMILES string of the molecule is CC(C(=O)O)(C1C2CC3CC(C2)CC1C3)n1cnnc1. The Kier molecular flexibility index (Phi) is 2.51. The summed E-state index contributed by atoms with van der Waals surface area (Å²) in [6, 6.07) is 0. The van der Waals surface area contributed by atoms with Gasteiger partial charge in [0, 0.05) is 0 Å². The fourth-order valence-corrected chi connectivity index (χ4v) is 5.71. The molecular formula is C15H21N3O2. The van der Waals surface area contributed by atoms with Crippen LogP contribution in [-0.4, -0.2) is 25.8 Å². The summed E-state index contributed by atoms with van der Waals surface area (Å²) in [5, 5.41) is 17.6. The topological polar surface area (TPSA) is 68.0 Å². The molecule has 0 saturated heterocycles. The number of nitrogens with zero attached hydrogens (tertiary/aromatic N) is 3. The number of hydrogen-bond donors (Lipinski definition) is 1. The smallest absolute Gasteiger partial charge is 0.329 e. The van der Waals surface area contributed by atoms with Gasteiger partial charge in [-0.1, -0.05) is 0 Å². The molecule has 20 heavy (non-hydrogen) atoms. The molecule has 5 nitrogen and oxygen atoms in total. The van der Waals surface area contributed by atoms with Crippen molar-refractivity contribution in [1.29, 1.82) is 0 Å². The molecule has 4 aliphatic rings. The molecule has 1 unspecified atom stereocenters. The van der Waals surface area contributed by atoms with Gasteiger partial charge >= 0.3 is 5.97 Å². The number of aliphatic carboxylic acids is 1. The van der Waals surface area contributed by atoms with Crippen LogP contribution < -0.4 is 0 Å². The minimum absolute atomic E-state index is 0.226. The van der Waals surface area contributed by atoms with Gasteiger partial charge in [-0.05, 0) is 68.6 Å². The second-order valence-corrected chi connectivity index (χ2v) is 7.28. The second kappa shape index (κ2) is 4.06. The molecule has 4 fully saturated rings. The third-order valence-electron chi connectivity index (χ3n) is 6.26. The van der Waals surface area contributed by atoms with Gasteiger partial charge in [0.2, 0.25) is 0 Å². The molecule has 0 aromatic carbocycles. The van der Waals surface area contributed by atoms with Crippen LogP contribution >= 0.6 is 0 Å². The average molecular weight is 275 g/mol. The van der Waals surface area contributed by atoms with E-state index in [1.165, 1.54) is 32.1 Å². The summed E-state index contributed by atoms with van der Waals surface area (Å²) in [5.41, 5.74) is -0.897. The first-order valence-corrected chi connectivity index (χ1v) is 7.67. The maximum absolute atomic E-state index is 12.1. The van der Waals surface area contributed by atoms with Crippen molar-refractivity contribution >= 4 is 5.97 Å². The van der Waals surface area contributed by atoms with Crippen molar-refractivity contribution in [3.05, 3.63) is 12.7 Å². The van der Waals surface area contributed by atoms with E-state index in [4.69, 9.17) is 0 Å². The van der Waals surface area contributed by atoms with Gasteiger partial charge in [-0.15, -0.1) is 10.2 Å². The van der Waals surface area contributed by atoms with Crippen molar-refractivity contribution in [2.75, 3.05) is 0 Å². The van der Waals surface area contributed by atoms with Crippen LogP contribution in [0.4, 0.5) is 0 Å². The molecule has 1 aromatic heterocycles. The van der Waals surface area contributed by atoms with E-state index in [9.17, 15) is 9.90 Å². The van der Waals surface area contributed by atoms with Crippen molar-refractivity contribution in [3.8, 4) is 0 Å². The van der Waals surface area contributed by atoms with Crippen LogP contribution in [0, 0.1) is 29.6 Å². The van der Waals surface area contributed by atoms with Gasteiger partial charge in [0.05, 0.1) is 0 Å². The van der Waals surface area contributed by atoms with Crippen molar-refractivity contribution in [2.24, 2.45) is 29.6 Å². The molecule has 0 amide bonds. The molecule has 1 atom stereocenters. The average Bonchev–Trinajstić information content (AvgIpc) is 2.90. The molecule has 1 heterocycles. The van der Waals surface area contributed by atoms with Crippen LogP contribution in [0.2, 0.25) is 0 Å². The molecule has 0 spiro atoms. The number of carboxylic acids is 1. The highest BCUT2D eigenvalue weighted by atomic mass is 16.4. The first-order valence-electron chi connectivity index (χ1n) is 7.67. The summed E-state index contributed by atoms with van der Waals surface area (Å²) in [4.78, 5) is 12.1. The summed E-state index contributed by atoms with van der Waals surface area (Å²) < 4.78 is 1.72. The van der Waals surface area contributed by atoms with E-state index in [0.29, 0.717) is 11.8 Å². The fraction of sp³-hybridized carbons (Fsp3) is 0.800. The Labute approximate surface area is 118 Å². The Morgan fingerprint density at radius 2 is 1.60 bits per heavy atom. The first kappa shape index (κ1) is 12.4. The normalized spacial score (nSPS) is 41.5. The lowest BCUT2D eigenvalue weighted by molar-refractivity contribution is -0.161. The zero-order valence-corrected chi connectivity index (χ0v) is 11.8. The highest BCUT2D eigenvalue weighted by molar-refractivity contribution is 5.77. The maximum atomic E-state index is 12.1. The summed E-state index contributed by atoms with van der Waals surface area (Å²) in [7, 11) is 0. The number of carbonyl (C=O) groups is 1. The predicted octanol–water partition coefficient (Wildman–Crippen LogP) is 2.15. The van der Waals surface area contributed by atoms with Crippen molar-refractivity contribution in [3.63, 3.8) is 0 Å². The largest absolute Gasteiger partial charge is 0.479 e. The van der Waals surface area contributed by atoms with E-state index >= 15 is 0 Å². The van der Waals surface area contributed by atoms with Gasteiger partial charge in [0.15, 0.2) is 0 Å². The highest BCUT2D eigenvalue weighted by Crippen LogP contribution is 2.60. The third-order valence-corrected chi connectivity index (χ3v) is 6.26. The van der Waals surface area contributed by atoms with Crippen LogP contribution in [0.3, 0.4) is 0 Å². The maximum Gasteiger partial charge on any atom is 0.329 e. The second-order valence-electron chi connectivity index (χ2n) is 7.28. The van der Waals surface area contributed by atoms with E-state index in [1.807, 2.05) is 6.92 Å². The molecule has 0 aliphatic heterocycles. The van der Waals surface area contributed by atoms with Crippen molar-refractivity contribution in [2.45, 2.75) is 44.6 Å². The quantitative estimate of drug-likeness (QED) is 0.917. The standard InChI is InChI=1S/C15H21N3O2/c1-15(14(19)20,18-7-16-17-8-18)13-11-3-9-2-10(5-11)6-12(13)4-9/h7-13H,2-6H2,1H3,(H,19,20). The summed E-state index contributed by atoms with van der Waals surface area (Å²) in [6.07, 6.45) is 9.42. The predicted molar refractivity (Wildman–Crippen MR) is 71.8 cm³/mol. The van der Waals surface area contributed by atoms with E-state index in [-0.39, 0.29) is 5.92 Å². The molecule has 5 heteroatoms. The van der Waals surface area contributed by atoms with Gasteiger partial charge in [-0.3, -0.25) is 0 Å². The molecule has 108 valence electrons. The number of hydrogen-bond acceptors (Lipinski definition) is 3. The first-order chi connectivity index (χ1) is 9.59. The van der Waals surface area contributed by atoms with Crippen LogP contribution in [0.1, 0.15) is 39.0 Å². The summed E-state index contributed by atoms with van der Waals surface area (Å²) in [5.74, 6) is 2.32. The highest BCUT2D eigenvalue weighted by Gasteiger charge is 2.57. The lowest BCUT2D eigenvalue weighted by atomic mass is 9.48. The zero-order valence-electron chi connectivity index (χ0n) is 11.8. The Hall–Kier alpha value is -1.39. The Morgan fingerprint density at radius 3 is 2.05 bits per heavy atom. The number of rotatable bonds is 3. The molecule has 4 saturated carbocycles. The Balaban J connectivity index is 1.76. The summed E-state index contributed by atoms with van der Waals surface area (Å²) >= 11 is 0. The molecule has 1 aromatic rings. The minimum Gasteiger partial charge on any atom is -0.479 e. The van der Waals surface area contributed by atoms with E-state index in [1.54, 1.807) is 17.2 Å². The third kappa shape index (κ3) is 1.52. The Bertz CT molecular complexity index is 499.